The van der Waals surface area contributed by atoms with Gasteiger partial charge < -0.3 is 15.5 Å². The maximum Gasteiger partial charge on any atom is 0.134 e. The van der Waals surface area contributed by atoms with E-state index in [0.717, 1.165) is 48.8 Å². The van der Waals surface area contributed by atoms with Gasteiger partial charge in [-0.25, -0.2) is 14.4 Å². The Bertz CT molecular complexity index is 950. The topological polar surface area (TPSA) is 58.3 Å². The van der Waals surface area contributed by atoms with Crippen molar-refractivity contribution < 1.29 is 4.39 Å². The van der Waals surface area contributed by atoms with Crippen molar-refractivity contribution in [3.8, 4) is 0 Å². The van der Waals surface area contributed by atoms with Crippen molar-refractivity contribution in [1.82, 2.24) is 9.97 Å². The van der Waals surface area contributed by atoms with E-state index in [1.165, 1.54) is 6.07 Å². The fourth-order valence-electron chi connectivity index (χ4n) is 3.64. The molecule has 3 aromatic rings. The first-order valence-corrected chi connectivity index (χ1v) is 9.31. The minimum atomic E-state index is -0.227. The van der Waals surface area contributed by atoms with Gasteiger partial charge in [-0.3, -0.25) is 0 Å². The number of aromatic nitrogens is 2. The quantitative estimate of drug-likeness (QED) is 0.771. The first kappa shape index (κ1) is 17.7. The van der Waals surface area contributed by atoms with E-state index in [9.17, 15) is 4.39 Å². The third-order valence-corrected chi connectivity index (χ3v) is 5.23. The number of fused-ring (bicyclic) bond motifs is 1. The van der Waals surface area contributed by atoms with E-state index in [0.29, 0.717) is 11.1 Å². The summed E-state index contributed by atoms with van der Waals surface area (Å²) in [5, 5.41) is 0.928. The minimum absolute atomic E-state index is 0.143. The molecule has 0 amide bonds. The lowest BCUT2D eigenvalue weighted by Crippen LogP contribution is -2.47. The Balaban J connectivity index is 1.67. The molecule has 0 radical (unpaired) electrons. The highest BCUT2D eigenvalue weighted by molar-refractivity contribution is 5.85. The molecule has 0 unspecified atom stereocenters. The van der Waals surface area contributed by atoms with E-state index in [2.05, 4.69) is 20.9 Å². The summed E-state index contributed by atoms with van der Waals surface area (Å²) in [5.74, 6) is 1.63. The largest absolute Gasteiger partial charge is 0.353 e. The van der Waals surface area contributed by atoms with Crippen molar-refractivity contribution in [3.05, 3.63) is 59.5 Å². The molecule has 1 aliphatic heterocycles. The molecule has 0 saturated carbocycles. The number of benzene rings is 1. The van der Waals surface area contributed by atoms with Gasteiger partial charge in [0.25, 0.3) is 0 Å². The molecule has 1 aromatic carbocycles. The van der Waals surface area contributed by atoms with Crippen molar-refractivity contribution in [1.29, 1.82) is 0 Å². The van der Waals surface area contributed by atoms with E-state index in [4.69, 9.17) is 10.7 Å². The molecule has 1 fully saturated rings. The summed E-state index contributed by atoms with van der Waals surface area (Å²) in [6, 6.07) is 11.1. The van der Waals surface area contributed by atoms with Crippen LogP contribution >= 0.6 is 0 Å². The van der Waals surface area contributed by atoms with Crippen molar-refractivity contribution in [2.24, 2.45) is 5.73 Å². The summed E-state index contributed by atoms with van der Waals surface area (Å²) in [6.07, 6.45) is 1.82. The molecule has 2 N–H and O–H groups in total. The van der Waals surface area contributed by atoms with Gasteiger partial charge in [0.05, 0.1) is 5.52 Å². The van der Waals surface area contributed by atoms with E-state index >= 15 is 0 Å². The summed E-state index contributed by atoms with van der Waals surface area (Å²) >= 11 is 0. The molecule has 0 spiro atoms. The van der Waals surface area contributed by atoms with Crippen LogP contribution in [0.3, 0.4) is 0 Å². The highest BCUT2D eigenvalue weighted by atomic mass is 19.1. The Morgan fingerprint density at radius 3 is 2.48 bits per heavy atom. The molecule has 2 aromatic heterocycles. The van der Waals surface area contributed by atoms with Crippen LogP contribution in [-0.4, -0.2) is 36.1 Å². The summed E-state index contributed by atoms with van der Waals surface area (Å²) < 4.78 is 14.0. The second-order valence-electron chi connectivity index (χ2n) is 7.10. The summed E-state index contributed by atoms with van der Waals surface area (Å²) in [4.78, 5) is 13.8. The zero-order chi connectivity index (χ0) is 19.0. The van der Waals surface area contributed by atoms with E-state index in [-0.39, 0.29) is 11.9 Å². The molecule has 6 heteroatoms. The zero-order valence-electron chi connectivity index (χ0n) is 15.7. The number of piperazine rings is 1. The number of nitrogens with zero attached hydrogens (tertiary/aromatic N) is 4. The smallest absolute Gasteiger partial charge is 0.134 e. The predicted molar refractivity (Wildman–Crippen MR) is 108 cm³/mol. The minimum Gasteiger partial charge on any atom is -0.353 e. The molecule has 0 aliphatic carbocycles. The molecule has 1 atom stereocenters. The number of halogens is 1. The molecule has 140 valence electrons. The van der Waals surface area contributed by atoms with Gasteiger partial charge in [-0.15, -0.1) is 0 Å². The summed E-state index contributed by atoms with van der Waals surface area (Å²) in [7, 11) is 0. The van der Waals surface area contributed by atoms with E-state index < -0.39 is 0 Å². The monoisotopic (exact) mass is 365 g/mol. The lowest BCUT2D eigenvalue weighted by atomic mass is 10.0. The Labute approximate surface area is 158 Å². The maximum absolute atomic E-state index is 14.0. The van der Waals surface area contributed by atoms with Crippen LogP contribution in [0.25, 0.3) is 10.9 Å². The number of rotatable bonds is 3. The van der Waals surface area contributed by atoms with Gasteiger partial charge in [-0.1, -0.05) is 6.07 Å². The number of nitrogens with two attached hydrogens (primary N) is 1. The van der Waals surface area contributed by atoms with Crippen LogP contribution in [0.15, 0.2) is 42.6 Å². The van der Waals surface area contributed by atoms with Gasteiger partial charge in [0.1, 0.15) is 17.5 Å². The molecule has 5 nitrogen and oxygen atoms in total. The number of anilines is 2. The first-order chi connectivity index (χ1) is 13.0. The van der Waals surface area contributed by atoms with Crippen LogP contribution in [0, 0.1) is 12.7 Å². The second-order valence-corrected chi connectivity index (χ2v) is 7.10. The summed E-state index contributed by atoms with van der Waals surface area (Å²) in [6.45, 7) is 7.10. The molecular weight excluding hydrogens is 341 g/mol. The average molecular weight is 365 g/mol. The van der Waals surface area contributed by atoms with Gasteiger partial charge in [-0.2, -0.15) is 0 Å². The standard InChI is InChI=1S/C21H24FN5/c1-14-18(22)7-6-16-13-17(15(2)23)21(25-20(14)16)27-11-9-26(10-12-27)19-5-3-4-8-24-19/h3-8,13,15H,9-12,23H2,1-2H3/t15-/m0/s1. The maximum atomic E-state index is 14.0. The number of hydrogen-bond donors (Lipinski definition) is 1. The molecular formula is C21H24FN5. The Kier molecular flexibility index (Phi) is 4.66. The third kappa shape index (κ3) is 3.32. The Morgan fingerprint density at radius 1 is 1.07 bits per heavy atom. The van der Waals surface area contributed by atoms with Crippen molar-refractivity contribution in [3.63, 3.8) is 0 Å². The average Bonchev–Trinajstić information content (AvgIpc) is 2.71. The number of aryl methyl sites for hydroxylation is 1. The Morgan fingerprint density at radius 2 is 1.81 bits per heavy atom. The van der Waals surface area contributed by atoms with Gasteiger partial charge in [0.2, 0.25) is 0 Å². The van der Waals surface area contributed by atoms with Crippen LogP contribution in [0.5, 0.6) is 0 Å². The molecule has 4 rings (SSSR count). The molecule has 1 aliphatic rings. The molecule has 3 heterocycles. The van der Waals surface area contributed by atoms with Gasteiger partial charge >= 0.3 is 0 Å². The molecule has 0 bridgehead atoms. The van der Waals surface area contributed by atoms with Gasteiger partial charge in [0.15, 0.2) is 0 Å². The second kappa shape index (κ2) is 7.12. The van der Waals surface area contributed by atoms with Crippen molar-refractivity contribution in [2.75, 3.05) is 36.0 Å². The SMILES string of the molecule is Cc1c(F)ccc2cc([C@H](C)N)c(N3CCN(c4ccccn4)CC3)nc12. The number of hydrogen-bond acceptors (Lipinski definition) is 5. The Hall–Kier alpha value is -2.73. The van der Waals surface area contributed by atoms with Gasteiger partial charge in [-0.05, 0) is 44.2 Å². The van der Waals surface area contributed by atoms with E-state index in [1.807, 2.05) is 31.3 Å². The fraction of sp³-hybridized carbons (Fsp3) is 0.333. The molecule has 1 saturated heterocycles. The van der Waals surface area contributed by atoms with Crippen LogP contribution in [0.4, 0.5) is 16.0 Å². The fourth-order valence-corrected chi connectivity index (χ4v) is 3.64. The van der Waals surface area contributed by atoms with E-state index in [1.54, 1.807) is 13.0 Å². The summed E-state index contributed by atoms with van der Waals surface area (Å²) in [5.41, 5.74) is 8.53. The highest BCUT2D eigenvalue weighted by Crippen LogP contribution is 2.30. The predicted octanol–water partition coefficient (Wildman–Crippen LogP) is 3.42. The third-order valence-electron chi connectivity index (χ3n) is 5.23. The highest BCUT2D eigenvalue weighted by Gasteiger charge is 2.23. The lowest BCUT2D eigenvalue weighted by Gasteiger charge is -2.37. The van der Waals surface area contributed by atoms with Crippen LogP contribution in [-0.2, 0) is 0 Å². The van der Waals surface area contributed by atoms with Gasteiger partial charge in [0, 0.05) is 54.9 Å². The van der Waals surface area contributed by atoms with Crippen LogP contribution in [0.2, 0.25) is 0 Å². The zero-order valence-corrected chi connectivity index (χ0v) is 15.7. The van der Waals surface area contributed by atoms with Crippen molar-refractivity contribution in [2.45, 2.75) is 19.9 Å². The molecule has 27 heavy (non-hydrogen) atoms. The van der Waals surface area contributed by atoms with Crippen molar-refractivity contribution >= 4 is 22.5 Å². The first-order valence-electron chi connectivity index (χ1n) is 9.31. The lowest BCUT2D eigenvalue weighted by molar-refractivity contribution is 0.619. The number of pyridine rings is 2. The van der Waals surface area contributed by atoms with Crippen LogP contribution in [0.1, 0.15) is 24.1 Å². The normalized spacial score (nSPS) is 16.0. The van der Waals surface area contributed by atoms with Crippen LogP contribution < -0.4 is 15.5 Å².